The number of hydrogen-bond donors (Lipinski definition) is 2. The molecule has 0 radical (unpaired) electrons. The highest BCUT2D eigenvalue weighted by Crippen LogP contribution is 2.36. The molecule has 0 bridgehead atoms. The van der Waals surface area contributed by atoms with E-state index in [0.717, 1.165) is 18.7 Å². The maximum Gasteiger partial charge on any atom is 0.254 e. The number of anilines is 1. The van der Waals surface area contributed by atoms with Crippen LogP contribution in [0.3, 0.4) is 0 Å². The van der Waals surface area contributed by atoms with E-state index in [-0.39, 0.29) is 11.4 Å². The van der Waals surface area contributed by atoms with Crippen LogP contribution in [0.5, 0.6) is 0 Å². The molecule has 1 aliphatic rings. The Kier molecular flexibility index (Phi) is 3.00. The molecule has 5 heteroatoms. The van der Waals surface area contributed by atoms with Crippen LogP contribution in [0, 0.1) is 12.8 Å². The largest absolute Gasteiger partial charge is 0.383 e. The van der Waals surface area contributed by atoms with Crippen molar-refractivity contribution in [2.75, 3.05) is 5.73 Å². The lowest BCUT2D eigenvalue weighted by molar-refractivity contribution is 0.1000. The van der Waals surface area contributed by atoms with E-state index in [9.17, 15) is 4.79 Å². The molecule has 17 heavy (non-hydrogen) atoms. The highest BCUT2D eigenvalue weighted by Gasteiger charge is 2.26. The van der Waals surface area contributed by atoms with Crippen LogP contribution in [0.25, 0.3) is 0 Å². The fourth-order valence-electron chi connectivity index (χ4n) is 2.55. The zero-order chi connectivity index (χ0) is 12.6. The molecule has 1 aliphatic carbocycles. The molecule has 0 aliphatic heterocycles. The predicted octanol–water partition coefficient (Wildman–Crippen LogP) is 1.37. The maximum atomic E-state index is 11.2. The van der Waals surface area contributed by atoms with Gasteiger partial charge in [-0.05, 0) is 32.1 Å². The zero-order valence-electron chi connectivity index (χ0n) is 10.2. The number of hydrogen-bond acceptors (Lipinski definition) is 4. The molecular formula is C12H18N4O. The Morgan fingerprint density at radius 3 is 2.53 bits per heavy atom. The molecule has 2 atom stereocenters. The first kappa shape index (κ1) is 11.8. The lowest BCUT2D eigenvalue weighted by Gasteiger charge is -2.12. The Labute approximate surface area is 101 Å². The minimum Gasteiger partial charge on any atom is -0.383 e. The number of carbonyl (C=O) groups is 1. The van der Waals surface area contributed by atoms with Crippen LogP contribution in [-0.2, 0) is 0 Å². The number of carbonyl (C=O) groups excluding carboxylic acids is 1. The van der Waals surface area contributed by atoms with Crippen molar-refractivity contribution in [1.82, 2.24) is 9.97 Å². The molecule has 0 saturated heterocycles. The molecule has 5 nitrogen and oxygen atoms in total. The van der Waals surface area contributed by atoms with Crippen molar-refractivity contribution in [3.05, 3.63) is 17.1 Å². The van der Waals surface area contributed by atoms with E-state index in [2.05, 4.69) is 16.9 Å². The minimum absolute atomic E-state index is 0.208. The number of aromatic nitrogens is 2. The normalized spacial score (nSPS) is 23.9. The number of amides is 1. The van der Waals surface area contributed by atoms with E-state index in [0.29, 0.717) is 17.5 Å². The van der Waals surface area contributed by atoms with Gasteiger partial charge in [-0.2, -0.15) is 0 Å². The summed E-state index contributed by atoms with van der Waals surface area (Å²) >= 11 is 0. The van der Waals surface area contributed by atoms with Crippen molar-refractivity contribution in [1.29, 1.82) is 0 Å². The Morgan fingerprint density at radius 2 is 2.06 bits per heavy atom. The molecule has 0 aromatic carbocycles. The smallest absolute Gasteiger partial charge is 0.254 e. The standard InChI is InChI=1S/C12H18N4O/c1-6-3-4-8(5-6)12-15-7(2)9(11(14)17)10(13)16-12/h6,8H,3-5H2,1-2H3,(H2,14,17)(H2,13,15,16). The third-order valence-electron chi connectivity index (χ3n) is 3.44. The third-order valence-corrected chi connectivity index (χ3v) is 3.44. The van der Waals surface area contributed by atoms with Gasteiger partial charge in [-0.25, -0.2) is 9.97 Å². The minimum atomic E-state index is -0.564. The summed E-state index contributed by atoms with van der Waals surface area (Å²) < 4.78 is 0. The van der Waals surface area contributed by atoms with Gasteiger partial charge in [0.25, 0.3) is 5.91 Å². The van der Waals surface area contributed by atoms with E-state index in [1.165, 1.54) is 6.42 Å². The van der Waals surface area contributed by atoms with Gasteiger partial charge in [0, 0.05) is 5.92 Å². The first-order valence-electron chi connectivity index (χ1n) is 5.92. The van der Waals surface area contributed by atoms with Gasteiger partial charge in [-0.3, -0.25) is 4.79 Å². The highest BCUT2D eigenvalue weighted by atomic mass is 16.1. The van der Waals surface area contributed by atoms with Crippen LogP contribution in [0.4, 0.5) is 5.82 Å². The van der Waals surface area contributed by atoms with Crippen LogP contribution in [-0.4, -0.2) is 15.9 Å². The Morgan fingerprint density at radius 1 is 1.35 bits per heavy atom. The maximum absolute atomic E-state index is 11.2. The summed E-state index contributed by atoms with van der Waals surface area (Å²) in [6.07, 6.45) is 3.38. The molecule has 2 unspecified atom stereocenters. The van der Waals surface area contributed by atoms with Crippen LogP contribution >= 0.6 is 0 Å². The van der Waals surface area contributed by atoms with E-state index < -0.39 is 5.91 Å². The SMILES string of the molecule is Cc1nc(C2CCC(C)C2)nc(N)c1C(N)=O. The van der Waals surface area contributed by atoms with Crippen LogP contribution < -0.4 is 11.5 Å². The van der Waals surface area contributed by atoms with Gasteiger partial charge in [-0.15, -0.1) is 0 Å². The summed E-state index contributed by atoms with van der Waals surface area (Å²) in [6.45, 7) is 3.98. The van der Waals surface area contributed by atoms with E-state index in [1.54, 1.807) is 6.92 Å². The molecule has 1 fully saturated rings. The molecular weight excluding hydrogens is 216 g/mol. The second kappa shape index (κ2) is 4.31. The fourth-order valence-corrected chi connectivity index (χ4v) is 2.55. The van der Waals surface area contributed by atoms with Gasteiger partial charge >= 0.3 is 0 Å². The average molecular weight is 234 g/mol. The topological polar surface area (TPSA) is 94.9 Å². The van der Waals surface area contributed by atoms with Gasteiger partial charge < -0.3 is 11.5 Å². The molecule has 1 aromatic heterocycles. The van der Waals surface area contributed by atoms with Gasteiger partial charge in [0.1, 0.15) is 17.2 Å². The zero-order valence-corrected chi connectivity index (χ0v) is 10.2. The predicted molar refractivity (Wildman–Crippen MR) is 65.5 cm³/mol. The molecule has 92 valence electrons. The number of nitrogens with two attached hydrogens (primary N) is 2. The van der Waals surface area contributed by atoms with Gasteiger partial charge in [0.15, 0.2) is 0 Å². The van der Waals surface area contributed by atoms with Crippen molar-refractivity contribution in [3.8, 4) is 0 Å². The van der Waals surface area contributed by atoms with Crippen LogP contribution in [0.15, 0.2) is 0 Å². The summed E-state index contributed by atoms with van der Waals surface area (Å²) in [7, 11) is 0. The van der Waals surface area contributed by atoms with Gasteiger partial charge in [0.05, 0.1) is 5.69 Å². The number of primary amides is 1. The van der Waals surface area contributed by atoms with Crippen molar-refractivity contribution in [2.24, 2.45) is 11.7 Å². The molecule has 0 spiro atoms. The van der Waals surface area contributed by atoms with E-state index in [1.807, 2.05) is 0 Å². The molecule has 4 N–H and O–H groups in total. The Hall–Kier alpha value is -1.65. The second-order valence-corrected chi connectivity index (χ2v) is 4.91. The average Bonchev–Trinajstić information content (AvgIpc) is 2.63. The monoisotopic (exact) mass is 234 g/mol. The van der Waals surface area contributed by atoms with Crippen molar-refractivity contribution in [3.63, 3.8) is 0 Å². The van der Waals surface area contributed by atoms with Crippen molar-refractivity contribution in [2.45, 2.75) is 39.0 Å². The number of rotatable bonds is 2. The van der Waals surface area contributed by atoms with Gasteiger partial charge in [0.2, 0.25) is 0 Å². The third kappa shape index (κ3) is 2.23. The Balaban J connectivity index is 2.35. The Bertz CT molecular complexity index is 435. The van der Waals surface area contributed by atoms with Crippen molar-refractivity contribution < 1.29 is 4.79 Å². The number of nitrogen functional groups attached to an aromatic ring is 1. The fraction of sp³-hybridized carbons (Fsp3) is 0.583. The second-order valence-electron chi connectivity index (χ2n) is 4.91. The van der Waals surface area contributed by atoms with E-state index >= 15 is 0 Å². The summed E-state index contributed by atoms with van der Waals surface area (Å²) in [5.74, 6) is 1.48. The molecule has 2 rings (SSSR count). The van der Waals surface area contributed by atoms with Crippen LogP contribution in [0.2, 0.25) is 0 Å². The lowest BCUT2D eigenvalue weighted by Crippen LogP contribution is -2.19. The van der Waals surface area contributed by atoms with E-state index in [4.69, 9.17) is 11.5 Å². The first-order chi connectivity index (χ1) is 7.99. The summed E-state index contributed by atoms with van der Waals surface area (Å²) in [4.78, 5) is 19.8. The van der Waals surface area contributed by atoms with Crippen molar-refractivity contribution >= 4 is 11.7 Å². The molecule has 1 heterocycles. The molecule has 1 saturated carbocycles. The first-order valence-corrected chi connectivity index (χ1v) is 5.92. The molecule has 1 aromatic rings. The highest BCUT2D eigenvalue weighted by molar-refractivity contribution is 5.98. The summed E-state index contributed by atoms with van der Waals surface area (Å²) in [6, 6.07) is 0. The lowest BCUT2D eigenvalue weighted by atomic mass is 10.0. The molecule has 1 amide bonds. The number of nitrogens with zero attached hydrogens (tertiary/aromatic N) is 2. The van der Waals surface area contributed by atoms with Crippen LogP contribution in [0.1, 0.15) is 54.0 Å². The summed E-state index contributed by atoms with van der Waals surface area (Å²) in [5, 5.41) is 0. The van der Waals surface area contributed by atoms with Gasteiger partial charge in [-0.1, -0.05) is 6.92 Å². The summed E-state index contributed by atoms with van der Waals surface area (Å²) in [5.41, 5.74) is 11.8. The quantitative estimate of drug-likeness (QED) is 0.807. The number of aryl methyl sites for hydroxylation is 1.